The molecule has 0 atom stereocenters. The van der Waals surface area contributed by atoms with Crippen LogP contribution in [0.15, 0.2) is 30.3 Å². The fraction of sp³-hybridized carbons (Fsp3) is 0. The first-order valence-electron chi connectivity index (χ1n) is 4.40. The maximum absolute atomic E-state index is 10.8. The van der Waals surface area contributed by atoms with Crippen molar-refractivity contribution in [1.82, 2.24) is 0 Å². The summed E-state index contributed by atoms with van der Waals surface area (Å²) in [6, 6.07) is 8.31. The van der Waals surface area contributed by atoms with Crippen LogP contribution in [0.1, 0.15) is 10.4 Å². The average Bonchev–Trinajstić information content (AvgIpc) is 2.23. The largest absolute Gasteiger partial charge is 0.478 e. The van der Waals surface area contributed by atoms with Gasteiger partial charge < -0.3 is 16.6 Å². The second-order valence-corrected chi connectivity index (χ2v) is 3.31. The lowest BCUT2D eigenvalue weighted by Crippen LogP contribution is -1.98. The highest BCUT2D eigenvalue weighted by atomic mass is 16.4. The molecule has 0 fully saturated rings. The van der Waals surface area contributed by atoms with E-state index in [9.17, 15) is 4.79 Å². The van der Waals surface area contributed by atoms with Gasteiger partial charge in [-0.2, -0.15) is 0 Å². The zero-order valence-corrected chi connectivity index (χ0v) is 7.90. The monoisotopic (exact) mass is 202 g/mol. The summed E-state index contributed by atoms with van der Waals surface area (Å²) in [5.74, 6) is -0.973. The molecule has 0 unspecified atom stereocenters. The van der Waals surface area contributed by atoms with Crippen molar-refractivity contribution in [2.24, 2.45) is 0 Å². The highest BCUT2D eigenvalue weighted by Gasteiger charge is 2.06. The summed E-state index contributed by atoms with van der Waals surface area (Å²) >= 11 is 0. The number of benzene rings is 2. The lowest BCUT2D eigenvalue weighted by Gasteiger charge is -2.05. The van der Waals surface area contributed by atoms with Crippen molar-refractivity contribution in [2.75, 3.05) is 11.5 Å². The minimum atomic E-state index is -0.973. The predicted octanol–water partition coefficient (Wildman–Crippen LogP) is 1.70. The molecule has 0 aliphatic rings. The SMILES string of the molecule is Nc1ccc2ccc(C(=O)O)cc2c1N. The smallest absolute Gasteiger partial charge is 0.335 e. The maximum Gasteiger partial charge on any atom is 0.335 e. The topological polar surface area (TPSA) is 89.3 Å². The first-order valence-corrected chi connectivity index (χ1v) is 4.40. The van der Waals surface area contributed by atoms with Gasteiger partial charge in [0.1, 0.15) is 0 Å². The second kappa shape index (κ2) is 3.16. The molecule has 0 saturated heterocycles. The Morgan fingerprint density at radius 2 is 1.80 bits per heavy atom. The van der Waals surface area contributed by atoms with Crippen LogP contribution >= 0.6 is 0 Å². The normalized spacial score (nSPS) is 10.4. The van der Waals surface area contributed by atoms with Gasteiger partial charge in [-0.1, -0.05) is 12.1 Å². The standard InChI is InChI=1S/C11H10N2O2/c12-9-4-3-6-1-2-7(11(14)15)5-8(6)10(9)13/h1-5H,12-13H2,(H,14,15). The van der Waals surface area contributed by atoms with E-state index in [1.165, 1.54) is 6.07 Å². The number of rotatable bonds is 1. The zero-order valence-electron chi connectivity index (χ0n) is 7.90. The van der Waals surface area contributed by atoms with Crippen LogP contribution in [0.5, 0.6) is 0 Å². The number of fused-ring (bicyclic) bond motifs is 1. The highest BCUT2D eigenvalue weighted by Crippen LogP contribution is 2.27. The number of carboxylic acid groups (broad SMARTS) is 1. The van der Waals surface area contributed by atoms with Gasteiger partial charge in [0.25, 0.3) is 0 Å². The molecule has 0 saturated carbocycles. The number of hydrogen-bond acceptors (Lipinski definition) is 3. The van der Waals surface area contributed by atoms with Crippen molar-refractivity contribution in [3.8, 4) is 0 Å². The van der Waals surface area contributed by atoms with Gasteiger partial charge in [0.15, 0.2) is 0 Å². The molecule has 0 radical (unpaired) electrons. The first kappa shape index (κ1) is 9.33. The Hall–Kier alpha value is -2.23. The predicted molar refractivity (Wildman–Crippen MR) is 59.7 cm³/mol. The van der Waals surface area contributed by atoms with Gasteiger partial charge in [-0.25, -0.2) is 4.79 Å². The summed E-state index contributed by atoms with van der Waals surface area (Å²) in [6.07, 6.45) is 0. The molecule has 2 aromatic carbocycles. The van der Waals surface area contributed by atoms with Crippen molar-refractivity contribution >= 4 is 28.1 Å². The van der Waals surface area contributed by atoms with Gasteiger partial charge in [0.2, 0.25) is 0 Å². The summed E-state index contributed by atoms with van der Waals surface area (Å²) in [4.78, 5) is 10.8. The molecule has 0 aromatic heterocycles. The summed E-state index contributed by atoms with van der Waals surface area (Å²) in [5.41, 5.74) is 12.5. The third-order valence-electron chi connectivity index (χ3n) is 2.34. The third-order valence-corrected chi connectivity index (χ3v) is 2.34. The van der Waals surface area contributed by atoms with Crippen LogP contribution in [-0.2, 0) is 0 Å². The Morgan fingerprint density at radius 1 is 1.13 bits per heavy atom. The number of hydrogen-bond donors (Lipinski definition) is 3. The molecule has 4 nitrogen and oxygen atoms in total. The Labute approximate surface area is 86.1 Å². The van der Waals surface area contributed by atoms with Gasteiger partial charge in [-0.3, -0.25) is 0 Å². The molecule has 0 spiro atoms. The molecule has 15 heavy (non-hydrogen) atoms. The van der Waals surface area contributed by atoms with Crippen LogP contribution in [0.25, 0.3) is 10.8 Å². The Balaban J connectivity index is 2.79. The number of anilines is 2. The number of aromatic carboxylic acids is 1. The van der Waals surface area contributed by atoms with Gasteiger partial charge in [0, 0.05) is 5.39 Å². The van der Waals surface area contributed by atoms with Gasteiger partial charge >= 0.3 is 5.97 Å². The Bertz CT molecular complexity index is 550. The lowest BCUT2D eigenvalue weighted by molar-refractivity contribution is 0.0697. The molecular weight excluding hydrogens is 192 g/mol. The van der Waals surface area contributed by atoms with E-state index in [1.54, 1.807) is 18.2 Å². The zero-order chi connectivity index (χ0) is 11.0. The highest BCUT2D eigenvalue weighted by molar-refractivity contribution is 6.02. The molecule has 2 rings (SSSR count). The van der Waals surface area contributed by atoms with E-state index in [4.69, 9.17) is 16.6 Å². The average molecular weight is 202 g/mol. The van der Waals surface area contributed by atoms with Crippen LogP contribution in [0.3, 0.4) is 0 Å². The van der Waals surface area contributed by atoms with Crippen LogP contribution in [0.4, 0.5) is 11.4 Å². The summed E-state index contributed by atoms with van der Waals surface area (Å²) in [6.45, 7) is 0. The summed E-state index contributed by atoms with van der Waals surface area (Å²) in [7, 11) is 0. The molecule has 0 bridgehead atoms. The molecule has 0 heterocycles. The van der Waals surface area contributed by atoms with Gasteiger partial charge in [-0.15, -0.1) is 0 Å². The number of nitrogen functional groups attached to an aromatic ring is 2. The molecular formula is C11H10N2O2. The summed E-state index contributed by atoms with van der Waals surface area (Å²) in [5, 5.41) is 10.4. The van der Waals surface area contributed by atoms with E-state index < -0.39 is 5.97 Å². The van der Waals surface area contributed by atoms with E-state index in [0.717, 1.165) is 5.39 Å². The fourth-order valence-electron chi connectivity index (χ4n) is 1.49. The Morgan fingerprint density at radius 3 is 2.47 bits per heavy atom. The van der Waals surface area contributed by atoms with Crippen LogP contribution in [0.2, 0.25) is 0 Å². The third kappa shape index (κ3) is 1.46. The molecule has 2 aromatic rings. The number of nitrogens with two attached hydrogens (primary N) is 2. The molecule has 0 aliphatic carbocycles. The quantitative estimate of drug-likeness (QED) is 0.614. The van der Waals surface area contributed by atoms with Gasteiger partial charge in [0.05, 0.1) is 16.9 Å². The molecule has 0 aliphatic heterocycles. The first-order chi connectivity index (χ1) is 7.09. The van der Waals surface area contributed by atoms with E-state index in [0.29, 0.717) is 16.8 Å². The maximum atomic E-state index is 10.8. The summed E-state index contributed by atoms with van der Waals surface area (Å²) < 4.78 is 0. The minimum Gasteiger partial charge on any atom is -0.478 e. The van der Waals surface area contributed by atoms with Crippen molar-refractivity contribution in [3.05, 3.63) is 35.9 Å². The van der Waals surface area contributed by atoms with E-state index in [-0.39, 0.29) is 5.56 Å². The number of carboxylic acids is 1. The van der Waals surface area contributed by atoms with Crippen LogP contribution < -0.4 is 11.5 Å². The minimum absolute atomic E-state index is 0.208. The van der Waals surface area contributed by atoms with E-state index >= 15 is 0 Å². The molecule has 76 valence electrons. The Kier molecular flexibility index (Phi) is 1.97. The number of carbonyl (C=O) groups is 1. The van der Waals surface area contributed by atoms with Gasteiger partial charge in [-0.05, 0) is 23.6 Å². The van der Waals surface area contributed by atoms with Crippen molar-refractivity contribution in [3.63, 3.8) is 0 Å². The fourth-order valence-corrected chi connectivity index (χ4v) is 1.49. The van der Waals surface area contributed by atoms with E-state index in [2.05, 4.69) is 0 Å². The molecule has 5 N–H and O–H groups in total. The second-order valence-electron chi connectivity index (χ2n) is 3.31. The molecule has 4 heteroatoms. The van der Waals surface area contributed by atoms with Crippen LogP contribution in [0, 0.1) is 0 Å². The van der Waals surface area contributed by atoms with Crippen molar-refractivity contribution in [1.29, 1.82) is 0 Å². The van der Waals surface area contributed by atoms with Crippen LogP contribution in [-0.4, -0.2) is 11.1 Å². The van der Waals surface area contributed by atoms with Crippen molar-refractivity contribution < 1.29 is 9.90 Å². The van der Waals surface area contributed by atoms with E-state index in [1.807, 2.05) is 6.07 Å². The van der Waals surface area contributed by atoms with Crippen molar-refractivity contribution in [2.45, 2.75) is 0 Å². The molecule has 0 amide bonds. The lowest BCUT2D eigenvalue weighted by atomic mass is 10.0.